The zero-order valence-corrected chi connectivity index (χ0v) is 16.2. The number of carbonyl (C=O) groups is 1. The molecule has 0 saturated heterocycles. The van der Waals surface area contributed by atoms with Gasteiger partial charge in [0.25, 0.3) is 15.9 Å². The highest BCUT2D eigenvalue weighted by atomic mass is 35.5. The number of amides is 1. The first-order valence-electron chi connectivity index (χ1n) is 6.59. The minimum atomic E-state index is -4.21. The van der Waals surface area contributed by atoms with Crippen molar-refractivity contribution in [2.24, 2.45) is 5.84 Å². The Morgan fingerprint density at radius 1 is 1.00 bits per heavy atom. The highest BCUT2D eigenvalue weighted by Gasteiger charge is 2.29. The summed E-state index contributed by atoms with van der Waals surface area (Å²) < 4.78 is 26.8. The first kappa shape index (κ1) is 20.1. The molecule has 2 rings (SSSR count). The second kappa shape index (κ2) is 7.99. The van der Waals surface area contributed by atoms with E-state index in [1.54, 1.807) is 0 Å². The molecule has 3 N–H and O–H groups in total. The van der Waals surface area contributed by atoms with Crippen LogP contribution in [0.3, 0.4) is 0 Å². The van der Waals surface area contributed by atoms with Crippen LogP contribution in [-0.2, 0) is 14.8 Å². The van der Waals surface area contributed by atoms with E-state index in [4.69, 9.17) is 52.2 Å². The Kier molecular flexibility index (Phi) is 6.42. The number of halogens is 4. The molecule has 0 aliphatic heterocycles. The Morgan fingerprint density at radius 3 is 2.24 bits per heavy atom. The lowest BCUT2D eigenvalue weighted by Crippen LogP contribution is -2.43. The molecular weight excluding hydrogens is 432 g/mol. The molecule has 11 heteroatoms. The van der Waals surface area contributed by atoms with Gasteiger partial charge in [0.15, 0.2) is 0 Å². The second-order valence-electron chi connectivity index (χ2n) is 4.75. The van der Waals surface area contributed by atoms with Crippen molar-refractivity contribution in [3.63, 3.8) is 0 Å². The lowest BCUT2D eigenvalue weighted by Gasteiger charge is -2.25. The molecule has 134 valence electrons. The quantitative estimate of drug-likeness (QED) is 0.421. The summed E-state index contributed by atoms with van der Waals surface area (Å²) in [5.74, 6) is 4.32. The molecule has 0 heterocycles. The smallest absolute Gasteiger partial charge is 0.264 e. The van der Waals surface area contributed by atoms with E-state index in [0.717, 1.165) is 4.31 Å². The van der Waals surface area contributed by atoms with Gasteiger partial charge in [-0.1, -0.05) is 46.4 Å². The van der Waals surface area contributed by atoms with E-state index in [2.05, 4.69) is 0 Å². The largest absolute Gasteiger partial charge is 0.293 e. The summed E-state index contributed by atoms with van der Waals surface area (Å²) >= 11 is 23.7. The first-order chi connectivity index (χ1) is 11.7. The van der Waals surface area contributed by atoms with Crippen molar-refractivity contribution in [1.29, 1.82) is 0 Å². The fourth-order valence-corrected chi connectivity index (χ4v) is 4.17. The number of hydrazine groups is 1. The van der Waals surface area contributed by atoms with Crippen molar-refractivity contribution in [2.45, 2.75) is 4.90 Å². The summed E-state index contributed by atoms with van der Waals surface area (Å²) in [4.78, 5) is 11.5. The SMILES string of the molecule is NNC(=O)CN(c1cc(Cl)ccc1Cl)S(=O)(=O)c1ccc(Cl)c(Cl)c1. The number of benzene rings is 2. The molecule has 2 aromatic carbocycles. The van der Waals surface area contributed by atoms with Gasteiger partial charge in [0.05, 0.1) is 25.7 Å². The van der Waals surface area contributed by atoms with Crippen LogP contribution in [0, 0.1) is 0 Å². The zero-order valence-electron chi connectivity index (χ0n) is 12.3. The van der Waals surface area contributed by atoms with E-state index in [9.17, 15) is 13.2 Å². The number of carbonyl (C=O) groups excluding carboxylic acids is 1. The van der Waals surface area contributed by atoms with Crippen molar-refractivity contribution < 1.29 is 13.2 Å². The molecule has 0 saturated carbocycles. The normalized spacial score (nSPS) is 11.2. The minimum absolute atomic E-state index is 0.0174. The number of nitrogens with two attached hydrogens (primary N) is 1. The molecule has 0 bridgehead atoms. The number of anilines is 1. The second-order valence-corrected chi connectivity index (χ2v) is 8.27. The predicted octanol–water partition coefficient (Wildman–Crippen LogP) is 3.49. The molecule has 0 aliphatic rings. The van der Waals surface area contributed by atoms with Gasteiger partial charge in [-0.2, -0.15) is 0 Å². The third-order valence-electron chi connectivity index (χ3n) is 3.10. The van der Waals surface area contributed by atoms with Gasteiger partial charge in [0.2, 0.25) is 0 Å². The summed E-state index contributed by atoms with van der Waals surface area (Å²) in [6.45, 7) is -0.612. The Balaban J connectivity index is 2.63. The maximum Gasteiger partial charge on any atom is 0.264 e. The van der Waals surface area contributed by atoms with E-state index < -0.39 is 22.5 Å². The van der Waals surface area contributed by atoms with Crippen LogP contribution < -0.4 is 15.6 Å². The Morgan fingerprint density at radius 2 is 1.64 bits per heavy atom. The average molecular weight is 443 g/mol. The summed E-state index contributed by atoms with van der Waals surface area (Å²) in [5.41, 5.74) is 1.89. The molecule has 0 unspecified atom stereocenters. The van der Waals surface area contributed by atoms with E-state index in [1.165, 1.54) is 36.4 Å². The summed E-state index contributed by atoms with van der Waals surface area (Å²) in [6.07, 6.45) is 0. The molecule has 2 aromatic rings. The van der Waals surface area contributed by atoms with Crippen LogP contribution in [0.2, 0.25) is 20.1 Å². The van der Waals surface area contributed by atoms with Gasteiger partial charge in [-0.3, -0.25) is 14.5 Å². The van der Waals surface area contributed by atoms with E-state index in [0.29, 0.717) is 0 Å². The summed E-state index contributed by atoms with van der Waals surface area (Å²) in [7, 11) is -4.21. The van der Waals surface area contributed by atoms with Crippen molar-refractivity contribution >= 4 is 68.0 Å². The molecule has 0 spiro atoms. The Bertz CT molecular complexity index is 922. The van der Waals surface area contributed by atoms with Crippen LogP contribution in [0.5, 0.6) is 0 Å². The molecular formula is C14H11Cl4N3O3S. The molecule has 0 aromatic heterocycles. The van der Waals surface area contributed by atoms with E-state index in [-0.39, 0.29) is 30.7 Å². The maximum absolute atomic E-state index is 13.0. The fraction of sp³-hybridized carbons (Fsp3) is 0.0714. The van der Waals surface area contributed by atoms with Crippen molar-refractivity contribution in [3.8, 4) is 0 Å². The van der Waals surface area contributed by atoms with Crippen molar-refractivity contribution in [2.75, 3.05) is 10.8 Å². The van der Waals surface area contributed by atoms with Crippen LogP contribution in [-0.4, -0.2) is 20.9 Å². The van der Waals surface area contributed by atoms with Crippen molar-refractivity contribution in [1.82, 2.24) is 5.43 Å². The topological polar surface area (TPSA) is 92.5 Å². The van der Waals surface area contributed by atoms with Gasteiger partial charge < -0.3 is 0 Å². The number of rotatable bonds is 5. The van der Waals surface area contributed by atoms with Gasteiger partial charge in [0, 0.05) is 5.02 Å². The van der Waals surface area contributed by atoms with Gasteiger partial charge >= 0.3 is 0 Å². The Labute approximate surface area is 164 Å². The van der Waals surface area contributed by atoms with Crippen LogP contribution in [0.25, 0.3) is 0 Å². The summed E-state index contributed by atoms with van der Waals surface area (Å²) in [5, 5.41) is 0.551. The number of hydrogen-bond donors (Lipinski definition) is 2. The fourth-order valence-electron chi connectivity index (χ4n) is 1.92. The van der Waals surface area contributed by atoms with E-state index >= 15 is 0 Å². The lowest BCUT2D eigenvalue weighted by molar-refractivity contribution is -0.119. The predicted molar refractivity (Wildman–Crippen MR) is 99.8 cm³/mol. The third kappa shape index (κ3) is 4.49. The van der Waals surface area contributed by atoms with Crippen LogP contribution in [0.15, 0.2) is 41.3 Å². The molecule has 0 radical (unpaired) electrons. The third-order valence-corrected chi connectivity index (χ3v) is 6.15. The molecule has 0 aliphatic carbocycles. The molecule has 0 atom stereocenters. The average Bonchev–Trinajstić information content (AvgIpc) is 2.57. The Hall–Kier alpha value is -1.22. The van der Waals surface area contributed by atoms with Gasteiger partial charge in [-0.05, 0) is 36.4 Å². The van der Waals surface area contributed by atoms with Gasteiger partial charge in [0.1, 0.15) is 6.54 Å². The number of nitrogens with zero attached hydrogens (tertiary/aromatic N) is 1. The number of sulfonamides is 1. The van der Waals surface area contributed by atoms with Gasteiger partial charge in [-0.25, -0.2) is 14.3 Å². The van der Waals surface area contributed by atoms with E-state index in [1.807, 2.05) is 5.43 Å². The van der Waals surface area contributed by atoms with Crippen LogP contribution in [0.4, 0.5) is 5.69 Å². The van der Waals surface area contributed by atoms with Crippen LogP contribution >= 0.6 is 46.4 Å². The van der Waals surface area contributed by atoms with Crippen molar-refractivity contribution in [3.05, 3.63) is 56.5 Å². The maximum atomic E-state index is 13.0. The summed E-state index contributed by atoms with van der Waals surface area (Å²) in [6, 6.07) is 7.98. The van der Waals surface area contributed by atoms with Gasteiger partial charge in [-0.15, -0.1) is 0 Å². The molecule has 6 nitrogen and oxygen atoms in total. The number of nitrogens with one attached hydrogen (secondary N) is 1. The zero-order chi connectivity index (χ0) is 18.8. The highest BCUT2D eigenvalue weighted by molar-refractivity contribution is 7.92. The van der Waals surface area contributed by atoms with Crippen LogP contribution in [0.1, 0.15) is 0 Å². The highest BCUT2D eigenvalue weighted by Crippen LogP contribution is 2.34. The first-order valence-corrected chi connectivity index (χ1v) is 9.54. The minimum Gasteiger partial charge on any atom is -0.293 e. The molecule has 25 heavy (non-hydrogen) atoms. The standard InChI is InChI=1S/C14H11Cl4N3O3S/c15-8-1-3-11(17)13(5-8)21(7-14(22)20-19)25(23,24)9-2-4-10(16)12(18)6-9/h1-6H,7,19H2,(H,20,22). The lowest BCUT2D eigenvalue weighted by atomic mass is 10.3. The number of hydrogen-bond acceptors (Lipinski definition) is 4. The monoisotopic (exact) mass is 441 g/mol. The molecule has 1 amide bonds. The molecule has 0 fully saturated rings.